The summed E-state index contributed by atoms with van der Waals surface area (Å²) in [5.41, 5.74) is 1.33. The first-order valence-corrected chi connectivity index (χ1v) is 10.4. The number of carbonyl (C=O) groups is 3. The Morgan fingerprint density at radius 1 is 0.935 bits per heavy atom. The van der Waals surface area contributed by atoms with E-state index in [-0.39, 0.29) is 18.6 Å². The fourth-order valence-corrected chi connectivity index (χ4v) is 3.30. The number of nitrogens with zero attached hydrogens (tertiary/aromatic N) is 1. The number of carbonyl (C=O) groups excluding carboxylic acids is 3. The van der Waals surface area contributed by atoms with Gasteiger partial charge >= 0.3 is 12.0 Å². The zero-order valence-corrected chi connectivity index (χ0v) is 17.5. The zero-order chi connectivity index (χ0) is 22.1. The summed E-state index contributed by atoms with van der Waals surface area (Å²) in [4.78, 5) is 38.3. The predicted octanol–water partition coefficient (Wildman–Crippen LogP) is 3.51. The number of esters is 1. The van der Waals surface area contributed by atoms with Gasteiger partial charge in [-0.3, -0.25) is 9.59 Å². The average Bonchev–Trinajstić information content (AvgIpc) is 2.80. The number of nitrogens with one attached hydrogen (secondary N) is 2. The normalized spacial score (nSPS) is 13.9. The number of benzene rings is 2. The molecule has 3 rings (SSSR count). The third kappa shape index (κ3) is 6.74. The first-order chi connectivity index (χ1) is 15.0. The van der Waals surface area contributed by atoms with Crippen molar-refractivity contribution in [3.8, 4) is 5.75 Å². The Labute approximate surface area is 181 Å². The Balaban J connectivity index is 1.37. The molecule has 0 saturated carbocycles. The van der Waals surface area contributed by atoms with Crippen molar-refractivity contribution < 1.29 is 23.9 Å². The maximum atomic E-state index is 12.3. The van der Waals surface area contributed by atoms with Crippen LogP contribution in [0.15, 0.2) is 54.6 Å². The van der Waals surface area contributed by atoms with Crippen LogP contribution in [-0.4, -0.2) is 49.1 Å². The summed E-state index contributed by atoms with van der Waals surface area (Å²) in [7, 11) is 0. The van der Waals surface area contributed by atoms with Gasteiger partial charge in [-0.05, 0) is 56.2 Å². The molecule has 0 spiro atoms. The van der Waals surface area contributed by atoms with Crippen LogP contribution in [0.3, 0.4) is 0 Å². The van der Waals surface area contributed by atoms with Crippen molar-refractivity contribution in [1.82, 2.24) is 4.90 Å². The average molecular weight is 425 g/mol. The first-order valence-electron chi connectivity index (χ1n) is 10.4. The summed E-state index contributed by atoms with van der Waals surface area (Å²) in [5.74, 6) is -0.420. The summed E-state index contributed by atoms with van der Waals surface area (Å²) in [6.45, 7) is 3.03. The molecule has 3 amide bonds. The van der Waals surface area contributed by atoms with Gasteiger partial charge in [-0.1, -0.05) is 18.2 Å². The molecule has 0 bridgehead atoms. The Bertz CT molecular complexity index is 878. The Hall–Kier alpha value is -3.55. The van der Waals surface area contributed by atoms with Crippen LogP contribution in [-0.2, 0) is 14.3 Å². The van der Waals surface area contributed by atoms with Crippen molar-refractivity contribution in [2.24, 2.45) is 5.92 Å². The molecule has 164 valence electrons. The van der Waals surface area contributed by atoms with Crippen molar-refractivity contribution >= 4 is 29.3 Å². The monoisotopic (exact) mass is 425 g/mol. The Morgan fingerprint density at radius 2 is 1.58 bits per heavy atom. The second-order valence-corrected chi connectivity index (χ2v) is 7.17. The summed E-state index contributed by atoms with van der Waals surface area (Å²) in [6, 6.07) is 16.0. The van der Waals surface area contributed by atoms with E-state index in [4.69, 9.17) is 9.47 Å². The lowest BCUT2D eigenvalue weighted by molar-refractivity contribution is -0.152. The van der Waals surface area contributed by atoms with Gasteiger partial charge in [0.2, 0.25) is 0 Å². The highest BCUT2D eigenvalue weighted by molar-refractivity contribution is 5.93. The van der Waals surface area contributed by atoms with Crippen LogP contribution in [0.5, 0.6) is 5.75 Å². The number of hydrogen-bond acceptors (Lipinski definition) is 5. The van der Waals surface area contributed by atoms with E-state index in [2.05, 4.69) is 10.6 Å². The summed E-state index contributed by atoms with van der Waals surface area (Å²) >= 11 is 0. The van der Waals surface area contributed by atoms with Crippen LogP contribution in [0.25, 0.3) is 0 Å². The highest BCUT2D eigenvalue weighted by atomic mass is 16.5. The van der Waals surface area contributed by atoms with Crippen LogP contribution in [0, 0.1) is 5.92 Å². The predicted molar refractivity (Wildman–Crippen MR) is 117 cm³/mol. The van der Waals surface area contributed by atoms with E-state index in [1.165, 1.54) is 0 Å². The quantitative estimate of drug-likeness (QED) is 0.662. The van der Waals surface area contributed by atoms with E-state index in [1.807, 2.05) is 37.3 Å². The van der Waals surface area contributed by atoms with Gasteiger partial charge in [0.1, 0.15) is 5.75 Å². The number of ether oxygens (including phenoxy) is 2. The molecule has 2 aromatic carbocycles. The van der Waals surface area contributed by atoms with E-state index in [0.29, 0.717) is 38.2 Å². The number of piperidine rings is 1. The fourth-order valence-electron chi connectivity index (χ4n) is 3.30. The molecule has 1 fully saturated rings. The number of para-hydroxylation sites is 1. The Morgan fingerprint density at radius 3 is 2.23 bits per heavy atom. The molecule has 1 heterocycles. The first kappa shape index (κ1) is 22.1. The van der Waals surface area contributed by atoms with Gasteiger partial charge in [0.25, 0.3) is 5.91 Å². The lowest BCUT2D eigenvalue weighted by Crippen LogP contribution is -2.43. The van der Waals surface area contributed by atoms with E-state index >= 15 is 0 Å². The van der Waals surface area contributed by atoms with Gasteiger partial charge in [-0.15, -0.1) is 0 Å². The minimum atomic E-state index is -0.412. The van der Waals surface area contributed by atoms with Gasteiger partial charge in [-0.2, -0.15) is 0 Å². The molecule has 1 aliphatic rings. The second-order valence-electron chi connectivity index (χ2n) is 7.17. The molecular formula is C23H27N3O5. The maximum Gasteiger partial charge on any atom is 0.321 e. The van der Waals surface area contributed by atoms with Crippen LogP contribution < -0.4 is 15.4 Å². The van der Waals surface area contributed by atoms with Crippen LogP contribution >= 0.6 is 0 Å². The minimum absolute atomic E-state index is 0.187. The molecule has 0 unspecified atom stereocenters. The lowest BCUT2D eigenvalue weighted by Gasteiger charge is -2.30. The number of likely N-dealkylation sites (tertiary alicyclic amines) is 1. The van der Waals surface area contributed by atoms with Gasteiger partial charge in [0.15, 0.2) is 6.61 Å². The topological polar surface area (TPSA) is 97.0 Å². The van der Waals surface area contributed by atoms with E-state index in [0.717, 1.165) is 11.4 Å². The largest absolute Gasteiger partial charge is 0.494 e. The van der Waals surface area contributed by atoms with Gasteiger partial charge < -0.3 is 25.0 Å². The molecule has 2 N–H and O–H groups in total. The number of rotatable bonds is 7. The fraction of sp³-hybridized carbons (Fsp3) is 0.348. The number of anilines is 2. The number of amides is 3. The highest BCUT2D eigenvalue weighted by Gasteiger charge is 2.28. The third-order valence-corrected chi connectivity index (χ3v) is 4.94. The van der Waals surface area contributed by atoms with Crippen molar-refractivity contribution in [3.05, 3.63) is 54.6 Å². The molecule has 0 aromatic heterocycles. The van der Waals surface area contributed by atoms with Crippen LogP contribution in [0.2, 0.25) is 0 Å². The number of hydrogen-bond donors (Lipinski definition) is 2. The molecule has 0 aliphatic carbocycles. The van der Waals surface area contributed by atoms with Crippen LogP contribution in [0.1, 0.15) is 19.8 Å². The molecule has 0 atom stereocenters. The third-order valence-electron chi connectivity index (χ3n) is 4.94. The molecule has 8 nitrogen and oxygen atoms in total. The second kappa shape index (κ2) is 11.0. The molecule has 1 aliphatic heterocycles. The van der Waals surface area contributed by atoms with E-state index in [9.17, 15) is 14.4 Å². The summed E-state index contributed by atoms with van der Waals surface area (Å²) in [6.07, 6.45) is 1.00. The summed E-state index contributed by atoms with van der Waals surface area (Å²) < 4.78 is 10.5. The van der Waals surface area contributed by atoms with Crippen molar-refractivity contribution in [3.63, 3.8) is 0 Å². The van der Waals surface area contributed by atoms with Crippen LogP contribution in [0.4, 0.5) is 16.2 Å². The van der Waals surface area contributed by atoms with Gasteiger partial charge in [0, 0.05) is 24.5 Å². The number of urea groups is 1. The SMILES string of the molecule is CCOc1ccc(NC(=O)COC(=O)C2CCN(C(=O)Nc3ccccc3)CC2)cc1. The minimum Gasteiger partial charge on any atom is -0.494 e. The van der Waals surface area contributed by atoms with E-state index in [1.54, 1.807) is 29.2 Å². The molecule has 31 heavy (non-hydrogen) atoms. The molecular weight excluding hydrogens is 398 g/mol. The maximum absolute atomic E-state index is 12.3. The Kier molecular flexibility index (Phi) is 7.86. The van der Waals surface area contributed by atoms with Crippen molar-refractivity contribution in [1.29, 1.82) is 0 Å². The van der Waals surface area contributed by atoms with E-state index < -0.39 is 11.9 Å². The zero-order valence-electron chi connectivity index (χ0n) is 17.5. The van der Waals surface area contributed by atoms with Gasteiger partial charge in [-0.25, -0.2) is 4.79 Å². The summed E-state index contributed by atoms with van der Waals surface area (Å²) in [5, 5.41) is 5.52. The lowest BCUT2D eigenvalue weighted by atomic mass is 9.97. The molecule has 1 saturated heterocycles. The molecule has 2 aromatic rings. The van der Waals surface area contributed by atoms with Gasteiger partial charge in [0.05, 0.1) is 12.5 Å². The molecule has 8 heteroatoms. The van der Waals surface area contributed by atoms with Crippen molar-refractivity contribution in [2.75, 3.05) is 36.9 Å². The van der Waals surface area contributed by atoms with Crippen molar-refractivity contribution in [2.45, 2.75) is 19.8 Å². The highest BCUT2D eigenvalue weighted by Crippen LogP contribution is 2.20. The standard InChI is InChI=1S/C23H27N3O5/c1-2-30-20-10-8-19(9-11-20)24-21(27)16-31-22(28)17-12-14-26(15-13-17)23(29)25-18-6-4-3-5-7-18/h3-11,17H,2,12-16H2,1H3,(H,24,27)(H,25,29). The molecule has 0 radical (unpaired) electrons. The smallest absolute Gasteiger partial charge is 0.321 e.